The van der Waals surface area contributed by atoms with Gasteiger partial charge in [-0.25, -0.2) is 0 Å². The largest absolute Gasteiger partial charge is 0.481 e. The Hall–Kier alpha value is -8.06. The number of para-hydroxylation sites is 2. The number of nitrogens with zero attached hydrogens (tertiary/aromatic N) is 5. The number of thioether (sulfide) groups is 1. The Balaban J connectivity index is 1.01. The summed E-state index contributed by atoms with van der Waals surface area (Å²) in [5, 5.41) is 31.7. The number of carbonyl (C=O) groups is 5. The molecule has 1 saturated heterocycles. The third kappa shape index (κ3) is 11.8. The smallest absolute Gasteiger partial charge is 0.305 e. The first-order chi connectivity index (χ1) is 39.7. The first-order valence-electron chi connectivity index (χ1n) is 27.8. The number of rotatable bonds is 21. The van der Waals surface area contributed by atoms with Crippen molar-refractivity contribution in [2.45, 2.75) is 96.6 Å². The van der Waals surface area contributed by atoms with Gasteiger partial charge in [0.25, 0.3) is 11.5 Å². The molecule has 2 unspecified atom stereocenters. The molecule has 5 aromatic carbocycles. The third-order valence-electron chi connectivity index (χ3n) is 16.0. The van der Waals surface area contributed by atoms with Gasteiger partial charge in [-0.1, -0.05) is 156 Å². The van der Waals surface area contributed by atoms with Gasteiger partial charge in [-0.15, -0.1) is 11.3 Å². The fraction of sp³-hybridized carbons (Fsp3) is 0.308. The highest BCUT2D eigenvalue weighted by atomic mass is 32.2. The van der Waals surface area contributed by atoms with E-state index in [0.29, 0.717) is 36.1 Å². The van der Waals surface area contributed by atoms with Crippen molar-refractivity contribution in [3.05, 3.63) is 187 Å². The zero-order valence-corrected chi connectivity index (χ0v) is 49.3. The van der Waals surface area contributed by atoms with Crippen molar-refractivity contribution in [3.63, 3.8) is 0 Å². The Morgan fingerprint density at radius 1 is 0.723 bits per heavy atom. The SMILES string of the molecule is CC(C)CCN1/C(=C\C=c2/s/c(=C3/SC(=S)N(CCC(=O)O)C3=O)n(CC(=O)Cc3ccc4c(c3)C(C)(Cc3ccccc3)C(/C=C/C=C3/N(CCC(=O)O)c5ccc6ccccc6c5C3(C)C)N4CCC(=O)O)c2=O)Oc2ccccc21. The third-order valence-corrected chi connectivity index (χ3v) is 18.7. The molecule has 0 radical (unpaired) electrons. The van der Waals surface area contributed by atoms with Gasteiger partial charge in [0.1, 0.15) is 13.9 Å². The van der Waals surface area contributed by atoms with Crippen LogP contribution < -0.4 is 34.2 Å². The van der Waals surface area contributed by atoms with E-state index < -0.39 is 40.2 Å². The lowest BCUT2D eigenvalue weighted by Crippen LogP contribution is -2.44. The van der Waals surface area contributed by atoms with Crippen LogP contribution in [0.25, 0.3) is 21.8 Å². The van der Waals surface area contributed by atoms with E-state index >= 15 is 0 Å². The van der Waals surface area contributed by atoms with Crippen LogP contribution >= 0.6 is 35.3 Å². The molecule has 0 bridgehead atoms. The van der Waals surface area contributed by atoms with Crippen molar-refractivity contribution in [2.24, 2.45) is 5.92 Å². The van der Waals surface area contributed by atoms with E-state index in [1.54, 1.807) is 12.2 Å². The van der Waals surface area contributed by atoms with E-state index in [4.69, 9.17) is 17.0 Å². The van der Waals surface area contributed by atoms with Crippen LogP contribution in [0.1, 0.15) is 82.6 Å². The Bertz CT molecular complexity index is 3900. The molecular weight excluding hydrogens is 1110 g/mol. The number of thiazole rings is 1. The van der Waals surface area contributed by atoms with Gasteiger partial charge < -0.3 is 34.8 Å². The number of ether oxygens (including phenoxy) is 1. The summed E-state index contributed by atoms with van der Waals surface area (Å²) in [6.07, 6.45) is 10.3. The van der Waals surface area contributed by atoms with Crippen LogP contribution in [0.3, 0.4) is 0 Å². The van der Waals surface area contributed by atoms with Crippen molar-refractivity contribution in [2.75, 3.05) is 40.9 Å². The quantitative estimate of drug-likeness (QED) is 0.0577. The molecule has 4 aliphatic heterocycles. The molecule has 1 aromatic heterocycles. The highest BCUT2D eigenvalue weighted by Gasteiger charge is 2.47. The molecule has 0 aliphatic carbocycles. The van der Waals surface area contributed by atoms with Crippen molar-refractivity contribution in [1.29, 1.82) is 0 Å². The van der Waals surface area contributed by atoms with Gasteiger partial charge in [0.15, 0.2) is 11.5 Å². The summed E-state index contributed by atoms with van der Waals surface area (Å²) in [5.74, 6) is -2.20. The van der Waals surface area contributed by atoms with Crippen LogP contribution in [-0.2, 0) is 54.2 Å². The lowest BCUT2D eigenvalue weighted by atomic mass is 9.73. The van der Waals surface area contributed by atoms with Crippen LogP contribution in [0.4, 0.5) is 17.1 Å². The molecule has 5 heterocycles. The summed E-state index contributed by atoms with van der Waals surface area (Å²) in [7, 11) is 0. The number of aliphatic carboxylic acids is 3. The Kier molecular flexibility index (Phi) is 16.8. The normalized spacial score (nSPS) is 19.9. The topological polar surface area (TPSA) is 190 Å². The maximum absolute atomic E-state index is 14.7. The minimum atomic E-state index is -1.10. The molecule has 4 aliphatic rings. The Labute approximate surface area is 494 Å². The van der Waals surface area contributed by atoms with Crippen molar-refractivity contribution < 1.29 is 44.0 Å². The van der Waals surface area contributed by atoms with Crippen LogP contribution in [0, 0.1) is 5.92 Å². The molecule has 0 spiro atoms. The number of ketones is 1. The number of carboxylic acid groups (broad SMARTS) is 3. The van der Waals surface area contributed by atoms with Crippen molar-refractivity contribution in [3.8, 4) is 5.75 Å². The van der Waals surface area contributed by atoms with Crippen LogP contribution in [0.15, 0.2) is 150 Å². The lowest BCUT2D eigenvalue weighted by molar-refractivity contribution is -0.138. The van der Waals surface area contributed by atoms with Crippen LogP contribution in [0.5, 0.6) is 5.75 Å². The number of allylic oxidation sites excluding steroid dienone is 4. The number of hydrogen-bond donors (Lipinski definition) is 3. The number of carbonyl (C=O) groups excluding carboxylic acids is 2. The Morgan fingerprint density at radius 2 is 1.40 bits per heavy atom. The van der Waals surface area contributed by atoms with E-state index in [2.05, 4.69) is 97.9 Å². The van der Waals surface area contributed by atoms with E-state index in [1.165, 1.54) is 9.47 Å². The highest BCUT2D eigenvalue weighted by molar-refractivity contribution is 8.30. The van der Waals surface area contributed by atoms with E-state index in [9.17, 15) is 44.1 Å². The molecule has 15 nitrogen and oxygen atoms in total. The number of benzene rings is 5. The number of Topliss-reactive ketones (excluding diaryl/α,β-unsaturated/α-hetero) is 1. The molecule has 10 rings (SSSR count). The van der Waals surface area contributed by atoms with E-state index in [-0.39, 0.29) is 82.1 Å². The molecule has 3 N–H and O–H groups in total. The molecule has 6 aromatic rings. The number of anilines is 3. The summed E-state index contributed by atoms with van der Waals surface area (Å²) in [4.78, 5) is 87.1. The summed E-state index contributed by atoms with van der Waals surface area (Å²) >= 11 is 7.59. The zero-order valence-electron chi connectivity index (χ0n) is 46.9. The average molecular weight is 1170 g/mol. The molecule has 1 fully saturated rings. The minimum Gasteiger partial charge on any atom is -0.481 e. The molecule has 428 valence electrons. The Morgan fingerprint density at radius 3 is 2.13 bits per heavy atom. The fourth-order valence-electron chi connectivity index (χ4n) is 12.0. The van der Waals surface area contributed by atoms with Gasteiger partial charge in [-0.2, -0.15) is 0 Å². The monoisotopic (exact) mass is 1170 g/mol. The van der Waals surface area contributed by atoms with Gasteiger partial charge in [-0.05, 0) is 88.2 Å². The summed E-state index contributed by atoms with van der Waals surface area (Å²) in [6.45, 7) is 11.3. The molecule has 1 amide bonds. The van der Waals surface area contributed by atoms with E-state index in [0.717, 1.165) is 79.7 Å². The fourth-order valence-corrected chi connectivity index (χ4v) is 14.5. The van der Waals surface area contributed by atoms with Gasteiger partial charge >= 0.3 is 17.9 Å². The number of thiocarbonyl (C=S) groups is 1. The highest BCUT2D eigenvalue weighted by Crippen LogP contribution is 2.52. The standard InChI is InChI=1S/C65H65N5O10S3/c1-40(2)28-32-68-48-18-11-12-19-50(48)80-54(68)27-26-51-60(78)70(62(82-51)59-61(79)69(63(81)83-59)35-31-57(76)77)39-44(71)36-42-22-24-47-46(37-42)65(5,38-41-14-7-6-8-15-41)53(66(47)33-29-55(72)73)21-13-20-52-64(3,4)58-45-17-10-9-16-43(45)23-25-49(58)67(52)34-30-56(74)75/h6-27,37,40,53H,28-36,38-39H2,1-5H3,(H,72,73)(H,74,75)(H,76,77)/b21-13+,51-26-,52-20+,54-27+,62-59+. The summed E-state index contributed by atoms with van der Waals surface area (Å²) in [5.41, 5.74) is 5.65. The van der Waals surface area contributed by atoms with Gasteiger partial charge in [-0.3, -0.25) is 38.2 Å². The zero-order chi connectivity index (χ0) is 58.9. The first-order valence-corrected chi connectivity index (χ1v) is 29.8. The second-order valence-electron chi connectivity index (χ2n) is 22.5. The predicted octanol–water partition coefficient (Wildman–Crippen LogP) is 9.76. The summed E-state index contributed by atoms with van der Waals surface area (Å²) in [6, 6.07) is 35.5. The number of fused-ring (bicyclic) bond motifs is 5. The molecule has 2 atom stereocenters. The molecule has 18 heteroatoms. The predicted molar refractivity (Wildman–Crippen MR) is 332 cm³/mol. The minimum absolute atomic E-state index is 0.0706. The number of aromatic nitrogens is 1. The van der Waals surface area contributed by atoms with Gasteiger partial charge in [0.05, 0.1) is 42.1 Å². The second-order valence-corrected chi connectivity index (χ2v) is 25.2. The van der Waals surface area contributed by atoms with Crippen LogP contribution in [-0.4, -0.2) is 90.9 Å². The van der Waals surface area contributed by atoms with Crippen molar-refractivity contribution >= 4 is 108 Å². The van der Waals surface area contributed by atoms with E-state index in [1.807, 2.05) is 78.9 Å². The van der Waals surface area contributed by atoms with Gasteiger partial charge in [0, 0.05) is 66.6 Å². The first kappa shape index (κ1) is 58.1. The summed E-state index contributed by atoms with van der Waals surface area (Å²) < 4.78 is 8.21. The number of amides is 1. The number of hydrogen-bond acceptors (Lipinski definition) is 13. The van der Waals surface area contributed by atoms with Gasteiger partial charge in [0.2, 0.25) is 5.88 Å². The molecule has 0 saturated carbocycles. The average Bonchev–Trinajstić information content (AvgIpc) is 3.50. The molecule has 83 heavy (non-hydrogen) atoms. The maximum atomic E-state index is 14.7. The maximum Gasteiger partial charge on any atom is 0.305 e. The second kappa shape index (κ2) is 24.0. The number of carboxylic acids is 3. The molecular formula is C65H65N5O10S3. The van der Waals surface area contributed by atoms with Crippen molar-refractivity contribution in [1.82, 2.24) is 9.47 Å². The van der Waals surface area contributed by atoms with Crippen LogP contribution in [0.2, 0.25) is 0 Å². The lowest BCUT2D eigenvalue weighted by Gasteiger charge is -2.35.